The molecule has 2 aromatic rings. The van der Waals surface area contributed by atoms with E-state index in [9.17, 15) is 8.78 Å². The smallest absolute Gasteiger partial charge is 0.228 e. The van der Waals surface area contributed by atoms with Crippen LogP contribution in [0.3, 0.4) is 0 Å². The van der Waals surface area contributed by atoms with Gasteiger partial charge in [-0.05, 0) is 42.5 Å². The summed E-state index contributed by atoms with van der Waals surface area (Å²) < 4.78 is 26.9. The number of halogens is 2. The van der Waals surface area contributed by atoms with Gasteiger partial charge in [0.15, 0.2) is 12.0 Å². The summed E-state index contributed by atoms with van der Waals surface area (Å²) in [5.41, 5.74) is 7.56. The highest BCUT2D eigenvalue weighted by molar-refractivity contribution is 5.43. The number of hydrogen-bond acceptors (Lipinski definition) is 5. The number of benzene rings is 1. The van der Waals surface area contributed by atoms with Gasteiger partial charge in [-0.15, -0.1) is 0 Å². The van der Waals surface area contributed by atoms with E-state index in [-0.39, 0.29) is 35.5 Å². The summed E-state index contributed by atoms with van der Waals surface area (Å²) in [4.78, 5) is 11.8. The number of alkyl halides is 1. The lowest BCUT2D eigenvalue weighted by atomic mass is 10.0. The van der Waals surface area contributed by atoms with Crippen LogP contribution in [0.1, 0.15) is 43.0 Å². The standard InChI is InChI=1S/C15H17F2N5/c1-7-5-9-3-4-10(17)6-11(9)12(7)19-15-21-13(8(2)16)20-14(18)22-15/h3-4,6-8,12H,5H2,1-2H3,(H3,18,19,20,21,22)/t7-,8-,12-/m1/s1. The van der Waals surface area contributed by atoms with Gasteiger partial charge in [0.1, 0.15) is 5.82 Å². The number of fused-ring (bicyclic) bond motifs is 1. The lowest BCUT2D eigenvalue weighted by molar-refractivity contribution is 0.356. The van der Waals surface area contributed by atoms with Crippen LogP contribution in [-0.2, 0) is 6.42 Å². The van der Waals surface area contributed by atoms with Crippen LogP contribution in [0.2, 0.25) is 0 Å². The van der Waals surface area contributed by atoms with E-state index < -0.39 is 6.17 Å². The van der Waals surface area contributed by atoms with E-state index in [1.807, 2.05) is 0 Å². The molecule has 0 aliphatic heterocycles. The van der Waals surface area contributed by atoms with Crippen LogP contribution in [0.15, 0.2) is 18.2 Å². The molecular weight excluding hydrogens is 288 g/mol. The maximum Gasteiger partial charge on any atom is 0.228 e. The van der Waals surface area contributed by atoms with Crippen LogP contribution in [-0.4, -0.2) is 15.0 Å². The molecule has 0 spiro atoms. The third kappa shape index (κ3) is 2.70. The second kappa shape index (κ2) is 5.47. The molecule has 0 amide bonds. The Morgan fingerprint density at radius 2 is 2.09 bits per heavy atom. The number of anilines is 2. The molecule has 0 unspecified atom stereocenters. The highest BCUT2D eigenvalue weighted by Gasteiger charge is 2.30. The zero-order chi connectivity index (χ0) is 15.9. The number of nitrogen functional groups attached to an aromatic ring is 1. The lowest BCUT2D eigenvalue weighted by Crippen LogP contribution is -2.18. The van der Waals surface area contributed by atoms with E-state index in [1.54, 1.807) is 6.07 Å². The first-order valence-corrected chi connectivity index (χ1v) is 7.14. The van der Waals surface area contributed by atoms with Gasteiger partial charge >= 0.3 is 0 Å². The van der Waals surface area contributed by atoms with Crippen LogP contribution in [0.25, 0.3) is 0 Å². The average Bonchev–Trinajstić information content (AvgIpc) is 2.74. The number of rotatable bonds is 3. The van der Waals surface area contributed by atoms with Crippen molar-refractivity contribution in [2.45, 2.75) is 32.5 Å². The predicted octanol–water partition coefficient (Wildman–Crippen LogP) is 2.97. The third-order valence-corrected chi connectivity index (χ3v) is 3.86. The third-order valence-electron chi connectivity index (χ3n) is 3.86. The summed E-state index contributed by atoms with van der Waals surface area (Å²) in [5.74, 6) is 0.108. The highest BCUT2D eigenvalue weighted by atomic mass is 19.1. The molecule has 0 saturated carbocycles. The normalized spacial score (nSPS) is 21.5. The summed E-state index contributed by atoms with van der Waals surface area (Å²) in [5, 5.41) is 3.13. The van der Waals surface area contributed by atoms with Gasteiger partial charge in [-0.3, -0.25) is 0 Å². The number of aromatic nitrogens is 3. The maximum atomic E-state index is 13.5. The second-order valence-electron chi connectivity index (χ2n) is 5.64. The van der Waals surface area contributed by atoms with Crippen molar-refractivity contribution in [2.75, 3.05) is 11.1 Å². The Bertz CT molecular complexity index is 704. The van der Waals surface area contributed by atoms with E-state index >= 15 is 0 Å². The van der Waals surface area contributed by atoms with E-state index in [1.165, 1.54) is 19.1 Å². The van der Waals surface area contributed by atoms with Crippen LogP contribution in [0.5, 0.6) is 0 Å². The van der Waals surface area contributed by atoms with Gasteiger partial charge in [-0.1, -0.05) is 13.0 Å². The molecule has 3 rings (SSSR count). The molecule has 1 heterocycles. The zero-order valence-electron chi connectivity index (χ0n) is 12.3. The van der Waals surface area contributed by atoms with Crippen LogP contribution >= 0.6 is 0 Å². The second-order valence-corrected chi connectivity index (χ2v) is 5.64. The summed E-state index contributed by atoms with van der Waals surface area (Å²) in [7, 11) is 0. The van der Waals surface area contributed by atoms with Crippen molar-refractivity contribution >= 4 is 11.9 Å². The van der Waals surface area contributed by atoms with Gasteiger partial charge in [-0.2, -0.15) is 15.0 Å². The predicted molar refractivity (Wildman–Crippen MR) is 79.4 cm³/mol. The van der Waals surface area contributed by atoms with Gasteiger partial charge in [0, 0.05) is 0 Å². The van der Waals surface area contributed by atoms with Crippen molar-refractivity contribution in [1.82, 2.24) is 15.0 Å². The van der Waals surface area contributed by atoms with Crippen molar-refractivity contribution in [2.24, 2.45) is 5.92 Å². The molecule has 7 heteroatoms. The lowest BCUT2D eigenvalue weighted by Gasteiger charge is -2.19. The fourth-order valence-corrected chi connectivity index (χ4v) is 2.82. The number of nitrogens with zero attached hydrogens (tertiary/aromatic N) is 3. The maximum absolute atomic E-state index is 13.5. The minimum atomic E-state index is -1.34. The molecular formula is C15H17F2N5. The van der Waals surface area contributed by atoms with Crippen LogP contribution in [0.4, 0.5) is 20.7 Å². The topological polar surface area (TPSA) is 76.7 Å². The van der Waals surface area contributed by atoms with E-state index in [0.717, 1.165) is 17.5 Å². The SMILES string of the molecule is C[C@@H]1Cc2ccc(F)cc2[C@@H]1Nc1nc(N)nc([C@@H](C)F)n1. The van der Waals surface area contributed by atoms with Crippen LogP contribution < -0.4 is 11.1 Å². The van der Waals surface area contributed by atoms with Crippen molar-refractivity contribution < 1.29 is 8.78 Å². The molecule has 0 bridgehead atoms. The summed E-state index contributed by atoms with van der Waals surface area (Å²) >= 11 is 0. The molecule has 22 heavy (non-hydrogen) atoms. The minimum absolute atomic E-state index is 0.0138. The molecule has 1 aliphatic rings. The minimum Gasteiger partial charge on any atom is -0.368 e. The zero-order valence-corrected chi connectivity index (χ0v) is 12.3. The van der Waals surface area contributed by atoms with Gasteiger partial charge in [-0.25, -0.2) is 8.78 Å². The molecule has 3 atom stereocenters. The molecule has 1 aromatic carbocycles. The monoisotopic (exact) mass is 305 g/mol. The number of nitrogens with two attached hydrogens (primary N) is 1. The Labute approximate surface area is 127 Å². The van der Waals surface area contributed by atoms with Gasteiger partial charge in [0.25, 0.3) is 0 Å². The fraction of sp³-hybridized carbons (Fsp3) is 0.400. The van der Waals surface area contributed by atoms with Crippen molar-refractivity contribution in [3.8, 4) is 0 Å². The Morgan fingerprint density at radius 3 is 2.82 bits per heavy atom. The molecule has 0 fully saturated rings. The molecule has 0 radical (unpaired) electrons. The van der Waals surface area contributed by atoms with Gasteiger partial charge < -0.3 is 11.1 Å². The number of hydrogen-bond donors (Lipinski definition) is 2. The number of nitrogens with one attached hydrogen (secondary N) is 1. The largest absolute Gasteiger partial charge is 0.368 e. The van der Waals surface area contributed by atoms with Crippen LogP contribution in [0, 0.1) is 11.7 Å². The quantitative estimate of drug-likeness (QED) is 0.911. The van der Waals surface area contributed by atoms with Crippen molar-refractivity contribution in [3.05, 3.63) is 41.0 Å². The summed E-state index contributed by atoms with van der Waals surface area (Å²) in [6, 6.07) is 4.62. The van der Waals surface area contributed by atoms with Gasteiger partial charge in [0.2, 0.25) is 11.9 Å². The summed E-state index contributed by atoms with van der Waals surface area (Å²) in [6.45, 7) is 3.39. The molecule has 5 nitrogen and oxygen atoms in total. The average molecular weight is 305 g/mol. The van der Waals surface area contributed by atoms with E-state index in [2.05, 4.69) is 27.2 Å². The molecule has 1 aromatic heterocycles. The first-order chi connectivity index (χ1) is 10.4. The van der Waals surface area contributed by atoms with Crippen molar-refractivity contribution in [1.29, 1.82) is 0 Å². The highest BCUT2D eigenvalue weighted by Crippen LogP contribution is 2.38. The van der Waals surface area contributed by atoms with E-state index in [0.29, 0.717) is 0 Å². The Hall–Kier alpha value is -2.31. The first kappa shape index (κ1) is 14.6. The fourth-order valence-electron chi connectivity index (χ4n) is 2.82. The Balaban J connectivity index is 1.92. The van der Waals surface area contributed by atoms with Crippen molar-refractivity contribution in [3.63, 3.8) is 0 Å². The molecule has 116 valence electrons. The van der Waals surface area contributed by atoms with Gasteiger partial charge in [0.05, 0.1) is 6.04 Å². The summed E-state index contributed by atoms with van der Waals surface area (Å²) in [6.07, 6.45) is -0.503. The van der Waals surface area contributed by atoms with E-state index in [4.69, 9.17) is 5.73 Å². The molecule has 1 aliphatic carbocycles. The molecule has 3 N–H and O–H groups in total. The Morgan fingerprint density at radius 1 is 1.32 bits per heavy atom. The first-order valence-electron chi connectivity index (χ1n) is 7.14. The Kier molecular flexibility index (Phi) is 3.64. The molecule has 0 saturated heterocycles.